The first-order chi connectivity index (χ1) is 9.28. The number of nitrogens with zero attached hydrogens (tertiary/aromatic N) is 2. The number of ether oxygens (including phenoxy) is 1. The molecule has 0 aliphatic carbocycles. The van der Waals surface area contributed by atoms with Gasteiger partial charge in [0.15, 0.2) is 0 Å². The molecule has 1 aliphatic rings. The molecule has 110 valence electrons. The van der Waals surface area contributed by atoms with Gasteiger partial charge in [0.05, 0.1) is 11.2 Å². The number of carbonyl (C=O) groups is 2. The quantitative estimate of drug-likeness (QED) is 0.786. The summed E-state index contributed by atoms with van der Waals surface area (Å²) < 4.78 is 5.40. The Morgan fingerprint density at radius 3 is 2.70 bits per heavy atom. The van der Waals surface area contributed by atoms with Gasteiger partial charge in [-0.05, 0) is 40.5 Å². The molecule has 20 heavy (non-hydrogen) atoms. The number of rotatable bonds is 2. The molecule has 2 heterocycles. The third-order valence-corrected chi connectivity index (χ3v) is 3.93. The summed E-state index contributed by atoms with van der Waals surface area (Å²) in [5, 5.41) is 0.848. The lowest BCUT2D eigenvalue weighted by molar-refractivity contribution is -0.159. The van der Waals surface area contributed by atoms with Crippen molar-refractivity contribution in [2.45, 2.75) is 52.2 Å². The third-order valence-electron chi connectivity index (χ3n) is 3.02. The van der Waals surface area contributed by atoms with Crippen molar-refractivity contribution in [2.24, 2.45) is 0 Å². The van der Waals surface area contributed by atoms with Gasteiger partial charge in [0.25, 0.3) is 5.91 Å². The molecule has 0 N–H and O–H groups in total. The third kappa shape index (κ3) is 3.36. The largest absolute Gasteiger partial charge is 0.458 e. The maximum atomic E-state index is 12.4. The van der Waals surface area contributed by atoms with Gasteiger partial charge in [-0.2, -0.15) is 0 Å². The minimum atomic E-state index is -0.532. The molecule has 0 bridgehead atoms. The Morgan fingerprint density at radius 1 is 1.45 bits per heavy atom. The van der Waals surface area contributed by atoms with Crippen LogP contribution >= 0.6 is 11.3 Å². The minimum Gasteiger partial charge on any atom is -0.458 e. The van der Waals surface area contributed by atoms with E-state index in [0.717, 1.165) is 11.4 Å². The predicted octanol–water partition coefficient (Wildman–Crippen LogP) is 2.40. The summed E-state index contributed by atoms with van der Waals surface area (Å²) in [5.41, 5.74) is -0.532. The molecule has 1 aromatic rings. The number of thiazole rings is 1. The molecule has 0 aromatic carbocycles. The molecular weight excluding hydrogens is 276 g/mol. The monoisotopic (exact) mass is 296 g/mol. The Hall–Kier alpha value is -1.43. The van der Waals surface area contributed by atoms with Gasteiger partial charge in [-0.3, -0.25) is 4.79 Å². The van der Waals surface area contributed by atoms with Crippen LogP contribution in [0.1, 0.15) is 48.3 Å². The van der Waals surface area contributed by atoms with Gasteiger partial charge in [-0.15, -0.1) is 11.3 Å². The van der Waals surface area contributed by atoms with E-state index in [-0.39, 0.29) is 11.9 Å². The zero-order valence-electron chi connectivity index (χ0n) is 12.3. The van der Waals surface area contributed by atoms with Crippen LogP contribution in [0.2, 0.25) is 0 Å². The van der Waals surface area contributed by atoms with Crippen molar-refractivity contribution in [3.63, 3.8) is 0 Å². The maximum absolute atomic E-state index is 12.4. The predicted molar refractivity (Wildman–Crippen MR) is 76.8 cm³/mol. The molecule has 1 aliphatic heterocycles. The molecule has 1 saturated heterocycles. The molecule has 2 rings (SSSR count). The Morgan fingerprint density at radius 2 is 2.15 bits per heavy atom. The van der Waals surface area contributed by atoms with E-state index in [0.29, 0.717) is 17.8 Å². The van der Waals surface area contributed by atoms with Crippen LogP contribution < -0.4 is 0 Å². The van der Waals surface area contributed by atoms with Gasteiger partial charge in [0.1, 0.15) is 16.5 Å². The average molecular weight is 296 g/mol. The molecule has 1 aromatic heterocycles. The van der Waals surface area contributed by atoms with Crippen LogP contribution in [0.15, 0.2) is 6.20 Å². The highest BCUT2D eigenvalue weighted by Crippen LogP contribution is 2.24. The molecule has 5 nitrogen and oxygen atoms in total. The van der Waals surface area contributed by atoms with Crippen LogP contribution in [-0.4, -0.2) is 39.9 Å². The fraction of sp³-hybridized carbons (Fsp3) is 0.643. The van der Waals surface area contributed by atoms with E-state index in [9.17, 15) is 9.59 Å². The SMILES string of the molecule is Cc1ncc(C(=O)N2CCC[C@@H]2C(=O)OC(C)(C)C)s1. The van der Waals surface area contributed by atoms with Crippen molar-refractivity contribution in [3.8, 4) is 0 Å². The second-order valence-electron chi connectivity index (χ2n) is 5.93. The summed E-state index contributed by atoms with van der Waals surface area (Å²) in [7, 11) is 0. The summed E-state index contributed by atoms with van der Waals surface area (Å²) >= 11 is 1.36. The van der Waals surface area contributed by atoms with Crippen LogP contribution in [0.3, 0.4) is 0 Å². The van der Waals surface area contributed by atoms with E-state index in [1.807, 2.05) is 27.7 Å². The number of esters is 1. The molecular formula is C14H20N2O3S. The smallest absolute Gasteiger partial charge is 0.329 e. The van der Waals surface area contributed by atoms with Gasteiger partial charge < -0.3 is 9.64 Å². The minimum absolute atomic E-state index is 0.121. The first-order valence-corrected chi connectivity index (χ1v) is 7.56. The fourth-order valence-corrected chi connectivity index (χ4v) is 2.96. The highest BCUT2D eigenvalue weighted by atomic mass is 32.1. The first kappa shape index (κ1) is 15.0. The van der Waals surface area contributed by atoms with E-state index in [1.54, 1.807) is 11.1 Å². The number of aromatic nitrogens is 1. The van der Waals surface area contributed by atoms with Gasteiger partial charge >= 0.3 is 5.97 Å². The van der Waals surface area contributed by atoms with Crippen LogP contribution in [0.25, 0.3) is 0 Å². The molecule has 1 fully saturated rings. The summed E-state index contributed by atoms with van der Waals surface area (Å²) in [6.07, 6.45) is 3.07. The zero-order chi connectivity index (χ0) is 14.9. The van der Waals surface area contributed by atoms with E-state index in [1.165, 1.54) is 11.3 Å². The second-order valence-corrected chi connectivity index (χ2v) is 7.17. The van der Waals surface area contributed by atoms with E-state index < -0.39 is 11.6 Å². The summed E-state index contributed by atoms with van der Waals surface area (Å²) in [5.74, 6) is -0.437. The highest BCUT2D eigenvalue weighted by molar-refractivity contribution is 7.13. The number of amides is 1. The van der Waals surface area contributed by atoms with Crippen LogP contribution in [0.4, 0.5) is 0 Å². The van der Waals surface area contributed by atoms with E-state index in [4.69, 9.17) is 4.74 Å². The average Bonchev–Trinajstić information content (AvgIpc) is 2.93. The standard InChI is InChI=1S/C14H20N2O3S/c1-9-15-8-11(20-9)12(17)16-7-5-6-10(16)13(18)19-14(2,3)4/h8,10H,5-7H2,1-4H3/t10-/m1/s1. The molecule has 1 atom stereocenters. The summed E-state index contributed by atoms with van der Waals surface area (Å²) in [6.45, 7) is 7.95. The molecule has 0 saturated carbocycles. The topological polar surface area (TPSA) is 59.5 Å². The normalized spacial score (nSPS) is 19.2. The number of likely N-dealkylation sites (tertiary alicyclic amines) is 1. The summed E-state index contributed by atoms with van der Waals surface area (Å²) in [6, 6.07) is -0.468. The van der Waals surface area contributed by atoms with Crippen molar-refractivity contribution in [1.82, 2.24) is 9.88 Å². The lowest BCUT2D eigenvalue weighted by Crippen LogP contribution is -2.43. The van der Waals surface area contributed by atoms with Gasteiger partial charge in [-0.25, -0.2) is 9.78 Å². The Bertz CT molecular complexity index is 519. The number of aryl methyl sites for hydroxylation is 1. The zero-order valence-corrected chi connectivity index (χ0v) is 13.1. The number of hydrogen-bond acceptors (Lipinski definition) is 5. The molecule has 0 spiro atoms. The molecule has 6 heteroatoms. The van der Waals surface area contributed by atoms with Crippen LogP contribution in [-0.2, 0) is 9.53 Å². The first-order valence-electron chi connectivity index (χ1n) is 6.74. The number of hydrogen-bond donors (Lipinski definition) is 0. The van der Waals surface area contributed by atoms with Gasteiger partial charge in [0, 0.05) is 6.54 Å². The Kier molecular flexibility index (Phi) is 4.13. The van der Waals surface area contributed by atoms with Gasteiger partial charge in [0.2, 0.25) is 0 Å². The number of carbonyl (C=O) groups excluding carboxylic acids is 2. The molecule has 0 unspecified atom stereocenters. The van der Waals surface area contributed by atoms with Crippen molar-refractivity contribution >= 4 is 23.2 Å². The van der Waals surface area contributed by atoms with Crippen molar-refractivity contribution in [2.75, 3.05) is 6.54 Å². The van der Waals surface area contributed by atoms with Crippen molar-refractivity contribution in [3.05, 3.63) is 16.1 Å². The van der Waals surface area contributed by atoms with E-state index in [2.05, 4.69) is 4.98 Å². The van der Waals surface area contributed by atoms with Crippen LogP contribution in [0.5, 0.6) is 0 Å². The lowest BCUT2D eigenvalue weighted by atomic mass is 10.1. The fourth-order valence-electron chi connectivity index (χ4n) is 2.23. The molecule has 0 radical (unpaired) electrons. The van der Waals surface area contributed by atoms with Gasteiger partial charge in [-0.1, -0.05) is 0 Å². The molecule has 1 amide bonds. The van der Waals surface area contributed by atoms with Crippen molar-refractivity contribution in [1.29, 1.82) is 0 Å². The Balaban J connectivity index is 2.11. The van der Waals surface area contributed by atoms with Crippen molar-refractivity contribution < 1.29 is 14.3 Å². The highest BCUT2D eigenvalue weighted by Gasteiger charge is 2.37. The van der Waals surface area contributed by atoms with E-state index >= 15 is 0 Å². The lowest BCUT2D eigenvalue weighted by Gasteiger charge is -2.27. The summed E-state index contributed by atoms with van der Waals surface area (Å²) in [4.78, 5) is 30.9. The second kappa shape index (κ2) is 5.52. The Labute approximate surface area is 122 Å². The maximum Gasteiger partial charge on any atom is 0.329 e. The van der Waals surface area contributed by atoms with Crippen LogP contribution in [0, 0.1) is 6.92 Å².